The van der Waals surface area contributed by atoms with E-state index in [1.165, 1.54) is 11.1 Å². The normalized spacial score (nSPS) is 16.9. The smallest absolute Gasteiger partial charge is 0.257 e. The third-order valence-electron chi connectivity index (χ3n) is 4.88. The number of aromatic nitrogens is 2. The Labute approximate surface area is 163 Å². The largest absolute Gasteiger partial charge is 0.342 e. The van der Waals surface area contributed by atoms with Crippen molar-refractivity contribution in [2.45, 2.75) is 25.7 Å². The fourth-order valence-electron chi connectivity index (χ4n) is 3.32. The summed E-state index contributed by atoms with van der Waals surface area (Å²) in [6.07, 6.45) is 1.27. The summed E-state index contributed by atoms with van der Waals surface area (Å²) in [4.78, 5) is 18.8. The summed E-state index contributed by atoms with van der Waals surface area (Å²) in [6, 6.07) is 15.7. The molecule has 0 radical (unpaired) electrons. The summed E-state index contributed by atoms with van der Waals surface area (Å²) in [7, 11) is 0. The van der Waals surface area contributed by atoms with Gasteiger partial charge in [-0.2, -0.15) is 4.98 Å². The highest BCUT2D eigenvalue weighted by Gasteiger charge is 2.33. The number of rotatable bonds is 5. The van der Waals surface area contributed by atoms with E-state index in [4.69, 9.17) is 16.1 Å². The number of likely N-dealkylation sites (tertiary alicyclic amines) is 1. The molecule has 1 amide bonds. The number of aryl methyl sites for hydroxylation is 1. The molecule has 6 heteroatoms. The van der Waals surface area contributed by atoms with Crippen LogP contribution in [0.25, 0.3) is 11.5 Å². The van der Waals surface area contributed by atoms with Crippen LogP contribution in [0.2, 0.25) is 5.02 Å². The molecule has 138 valence electrons. The minimum absolute atomic E-state index is 0.0350. The lowest BCUT2D eigenvalue weighted by atomic mass is 10.1. The molecule has 1 unspecified atom stereocenters. The van der Waals surface area contributed by atoms with Crippen LogP contribution in [0, 0.1) is 6.92 Å². The Balaban J connectivity index is 1.41. The molecule has 0 bridgehead atoms. The van der Waals surface area contributed by atoms with Gasteiger partial charge in [-0.25, -0.2) is 0 Å². The van der Waals surface area contributed by atoms with Crippen LogP contribution in [0.15, 0.2) is 53.1 Å². The number of amides is 1. The summed E-state index contributed by atoms with van der Waals surface area (Å²) in [5.74, 6) is 1.11. The van der Waals surface area contributed by atoms with Gasteiger partial charge in [-0.05, 0) is 37.1 Å². The Bertz CT molecular complexity index is 952. The Kier molecular flexibility index (Phi) is 4.94. The van der Waals surface area contributed by atoms with E-state index in [0.29, 0.717) is 36.2 Å². The van der Waals surface area contributed by atoms with Gasteiger partial charge in [0.15, 0.2) is 5.82 Å². The number of carbonyl (C=O) groups excluding carboxylic acids is 1. The van der Waals surface area contributed by atoms with Gasteiger partial charge in [-0.1, -0.05) is 52.7 Å². The SMILES string of the molecule is Cc1ccc(CCN2CC(c3noc(-c4cccc(Cl)c4)n3)CC2=O)cc1. The lowest BCUT2D eigenvalue weighted by molar-refractivity contribution is -0.127. The molecular weight excluding hydrogens is 362 g/mol. The third kappa shape index (κ3) is 4.03. The van der Waals surface area contributed by atoms with Crippen LogP contribution < -0.4 is 0 Å². The molecule has 4 rings (SSSR count). The van der Waals surface area contributed by atoms with E-state index < -0.39 is 0 Å². The minimum atomic E-state index is -0.0350. The van der Waals surface area contributed by atoms with Gasteiger partial charge in [0.25, 0.3) is 5.89 Å². The van der Waals surface area contributed by atoms with Crippen molar-refractivity contribution in [3.05, 3.63) is 70.5 Å². The van der Waals surface area contributed by atoms with Gasteiger partial charge in [-0.15, -0.1) is 0 Å². The van der Waals surface area contributed by atoms with Crippen molar-refractivity contribution >= 4 is 17.5 Å². The molecule has 1 aromatic heterocycles. The zero-order chi connectivity index (χ0) is 18.8. The quantitative estimate of drug-likeness (QED) is 0.662. The van der Waals surface area contributed by atoms with Crippen LogP contribution in [0.3, 0.4) is 0 Å². The van der Waals surface area contributed by atoms with Gasteiger partial charge in [0.1, 0.15) is 0 Å². The molecule has 1 fully saturated rings. The standard InChI is InChI=1S/C21H20ClN3O2/c1-14-5-7-15(8-6-14)9-10-25-13-17(12-19(25)26)20-23-21(27-24-20)16-3-2-4-18(22)11-16/h2-8,11,17H,9-10,12-13H2,1H3. The van der Waals surface area contributed by atoms with Crippen molar-refractivity contribution in [2.75, 3.05) is 13.1 Å². The summed E-state index contributed by atoms with van der Waals surface area (Å²) in [6.45, 7) is 3.40. The summed E-state index contributed by atoms with van der Waals surface area (Å²) < 4.78 is 5.38. The summed E-state index contributed by atoms with van der Waals surface area (Å²) in [5.41, 5.74) is 3.25. The number of nitrogens with zero attached hydrogens (tertiary/aromatic N) is 3. The highest BCUT2D eigenvalue weighted by Crippen LogP contribution is 2.29. The third-order valence-corrected chi connectivity index (χ3v) is 5.12. The van der Waals surface area contributed by atoms with Crippen molar-refractivity contribution in [2.24, 2.45) is 0 Å². The predicted molar refractivity (Wildman–Crippen MR) is 104 cm³/mol. The zero-order valence-electron chi connectivity index (χ0n) is 15.1. The first kappa shape index (κ1) is 17.7. The van der Waals surface area contributed by atoms with Crippen LogP contribution in [0.4, 0.5) is 0 Å². The van der Waals surface area contributed by atoms with E-state index in [1.807, 2.05) is 17.0 Å². The second-order valence-electron chi connectivity index (χ2n) is 6.94. The molecule has 0 spiro atoms. The van der Waals surface area contributed by atoms with Gasteiger partial charge < -0.3 is 9.42 Å². The first-order valence-electron chi connectivity index (χ1n) is 9.01. The van der Waals surface area contributed by atoms with Crippen molar-refractivity contribution in [1.29, 1.82) is 0 Å². The molecule has 1 atom stereocenters. The van der Waals surface area contributed by atoms with E-state index in [1.54, 1.807) is 12.1 Å². The van der Waals surface area contributed by atoms with E-state index >= 15 is 0 Å². The number of halogens is 1. The minimum Gasteiger partial charge on any atom is -0.342 e. The number of hydrogen-bond acceptors (Lipinski definition) is 4. The molecule has 5 nitrogen and oxygen atoms in total. The second-order valence-corrected chi connectivity index (χ2v) is 7.38. The maximum atomic E-state index is 12.4. The van der Waals surface area contributed by atoms with E-state index in [-0.39, 0.29) is 11.8 Å². The fourth-order valence-corrected chi connectivity index (χ4v) is 3.51. The first-order chi connectivity index (χ1) is 13.1. The molecule has 2 heterocycles. The Hall–Kier alpha value is -2.66. The zero-order valence-corrected chi connectivity index (χ0v) is 15.8. The Morgan fingerprint density at radius 3 is 2.81 bits per heavy atom. The lowest BCUT2D eigenvalue weighted by Crippen LogP contribution is -2.27. The Morgan fingerprint density at radius 2 is 2.04 bits per heavy atom. The lowest BCUT2D eigenvalue weighted by Gasteiger charge is -2.16. The van der Waals surface area contributed by atoms with Gasteiger partial charge >= 0.3 is 0 Å². The molecule has 0 saturated carbocycles. The topological polar surface area (TPSA) is 59.2 Å². The molecule has 1 saturated heterocycles. The fraction of sp³-hybridized carbons (Fsp3) is 0.286. The molecule has 2 aromatic carbocycles. The Morgan fingerprint density at radius 1 is 1.22 bits per heavy atom. The molecular formula is C21H20ClN3O2. The number of hydrogen-bond donors (Lipinski definition) is 0. The monoisotopic (exact) mass is 381 g/mol. The van der Waals surface area contributed by atoms with Crippen LogP contribution in [-0.2, 0) is 11.2 Å². The average molecular weight is 382 g/mol. The maximum Gasteiger partial charge on any atom is 0.257 e. The summed E-state index contributed by atoms with van der Waals surface area (Å²) in [5, 5.41) is 4.71. The molecule has 3 aromatic rings. The summed E-state index contributed by atoms with van der Waals surface area (Å²) >= 11 is 6.02. The molecule has 1 aliphatic rings. The van der Waals surface area contributed by atoms with Crippen LogP contribution in [0.5, 0.6) is 0 Å². The van der Waals surface area contributed by atoms with E-state index in [0.717, 1.165) is 12.0 Å². The van der Waals surface area contributed by atoms with Crippen LogP contribution >= 0.6 is 11.6 Å². The molecule has 1 aliphatic heterocycles. The molecule has 0 N–H and O–H groups in total. The second kappa shape index (κ2) is 7.53. The van der Waals surface area contributed by atoms with Crippen LogP contribution in [-0.4, -0.2) is 34.0 Å². The van der Waals surface area contributed by atoms with Gasteiger partial charge in [0, 0.05) is 36.0 Å². The first-order valence-corrected chi connectivity index (χ1v) is 9.39. The highest BCUT2D eigenvalue weighted by atomic mass is 35.5. The van der Waals surface area contributed by atoms with Gasteiger partial charge in [0.05, 0.1) is 0 Å². The molecule has 27 heavy (non-hydrogen) atoms. The highest BCUT2D eigenvalue weighted by molar-refractivity contribution is 6.30. The van der Waals surface area contributed by atoms with Crippen LogP contribution in [0.1, 0.15) is 29.3 Å². The maximum absolute atomic E-state index is 12.4. The molecule has 0 aliphatic carbocycles. The number of benzene rings is 2. The van der Waals surface area contributed by atoms with Crippen molar-refractivity contribution in [3.63, 3.8) is 0 Å². The van der Waals surface area contributed by atoms with E-state index in [9.17, 15) is 4.79 Å². The van der Waals surface area contributed by atoms with Crippen molar-refractivity contribution in [3.8, 4) is 11.5 Å². The predicted octanol–water partition coefficient (Wildman–Crippen LogP) is 4.26. The average Bonchev–Trinajstić information content (AvgIpc) is 3.28. The van der Waals surface area contributed by atoms with Crippen molar-refractivity contribution in [1.82, 2.24) is 15.0 Å². The van der Waals surface area contributed by atoms with E-state index in [2.05, 4.69) is 41.3 Å². The van der Waals surface area contributed by atoms with Gasteiger partial charge in [0.2, 0.25) is 5.91 Å². The van der Waals surface area contributed by atoms with Gasteiger partial charge in [-0.3, -0.25) is 4.79 Å². The number of carbonyl (C=O) groups is 1. The van der Waals surface area contributed by atoms with Crippen molar-refractivity contribution < 1.29 is 9.32 Å².